The number of rotatable bonds is 7. The number of benzene rings is 2. The molecule has 4 aromatic rings. The molecule has 2 aromatic carbocycles. The summed E-state index contributed by atoms with van der Waals surface area (Å²) in [4.78, 5) is 13.7. The minimum atomic E-state index is -1.74. The van der Waals surface area contributed by atoms with Crippen LogP contribution in [0.2, 0.25) is 18.1 Å². The van der Waals surface area contributed by atoms with Gasteiger partial charge in [-0.25, -0.2) is 9.97 Å². The molecule has 1 aliphatic heterocycles. The van der Waals surface area contributed by atoms with Crippen LogP contribution in [0.3, 0.4) is 0 Å². The highest BCUT2D eigenvalue weighted by molar-refractivity contribution is 8.00. The second-order valence-electron chi connectivity index (χ2n) is 11.0. The van der Waals surface area contributed by atoms with Crippen molar-refractivity contribution >= 4 is 56.7 Å². The Bertz CT molecular complexity index is 1300. The van der Waals surface area contributed by atoms with Gasteiger partial charge in [0, 0.05) is 19.9 Å². The normalized spacial score (nSPS) is 13.6. The summed E-state index contributed by atoms with van der Waals surface area (Å²) >= 11 is 4.00. The van der Waals surface area contributed by atoms with Gasteiger partial charge in [-0.05, 0) is 40.7 Å². The third-order valence-electron chi connectivity index (χ3n) is 6.64. The summed E-state index contributed by atoms with van der Waals surface area (Å²) in [6, 6.07) is 17.5. The molecule has 0 aliphatic carbocycles. The number of aromatic nitrogens is 2. The molecule has 0 saturated carbocycles. The first-order chi connectivity index (χ1) is 15.8. The van der Waals surface area contributed by atoms with Gasteiger partial charge in [-0.1, -0.05) is 95.7 Å². The van der Waals surface area contributed by atoms with Gasteiger partial charge in [-0.3, -0.25) is 0 Å². The van der Waals surface area contributed by atoms with E-state index in [0.29, 0.717) is 17.8 Å². The fraction of sp³-hybridized carbons (Fsp3) is 0.429. The lowest BCUT2D eigenvalue weighted by molar-refractivity contribution is 0.650. The van der Waals surface area contributed by atoms with Crippen LogP contribution in [-0.2, 0) is 0 Å². The number of hydrogen-bond donors (Lipinski definition) is 0. The first-order valence-electron chi connectivity index (χ1n) is 12.3. The minimum Gasteiger partial charge on any atom is -0.236 e. The first-order valence-corrected chi connectivity index (χ1v) is 16.5. The average Bonchev–Trinajstić information content (AvgIpc) is 3.11. The highest BCUT2D eigenvalue weighted by Gasteiger charge is 2.42. The molecule has 0 fully saturated rings. The summed E-state index contributed by atoms with van der Waals surface area (Å²) in [5.41, 5.74) is 2.41. The monoisotopic (exact) mass is 490 g/mol. The van der Waals surface area contributed by atoms with Crippen molar-refractivity contribution < 1.29 is 0 Å². The highest BCUT2D eigenvalue weighted by atomic mass is 32.2. The van der Waals surface area contributed by atoms with Crippen molar-refractivity contribution in [3.63, 3.8) is 0 Å². The van der Waals surface area contributed by atoms with E-state index in [-0.39, 0.29) is 0 Å². The quantitative estimate of drug-likeness (QED) is 0.214. The Morgan fingerprint density at radius 2 is 1.42 bits per heavy atom. The second kappa shape index (κ2) is 8.83. The van der Waals surface area contributed by atoms with Crippen molar-refractivity contribution in [3.8, 4) is 11.3 Å². The van der Waals surface area contributed by atoms with Gasteiger partial charge in [0.2, 0.25) is 0 Å². The third-order valence-corrected chi connectivity index (χ3v) is 16.6. The molecule has 0 saturated heterocycles. The molecule has 3 heterocycles. The summed E-state index contributed by atoms with van der Waals surface area (Å²) < 4.78 is 1.69. The summed E-state index contributed by atoms with van der Waals surface area (Å²) in [5, 5.41) is 3.91. The molecule has 33 heavy (non-hydrogen) atoms. The standard InChI is InChI=1S/C28H34N2S2Si/c1-17(2)13-33(14-18(3)4,15-19(5)6)28-26-24-25(29-16-30-27(24)32-28)22-11-20-9-7-8-10-21(20)12-23(22)31-26/h7-12,16-19H,13-15H2,1-6H3. The van der Waals surface area contributed by atoms with Crippen LogP contribution in [0.5, 0.6) is 0 Å². The van der Waals surface area contributed by atoms with Crippen LogP contribution < -0.4 is 4.50 Å². The smallest absolute Gasteiger partial charge is 0.128 e. The Kier molecular flexibility index (Phi) is 6.17. The van der Waals surface area contributed by atoms with E-state index in [1.165, 1.54) is 54.5 Å². The van der Waals surface area contributed by atoms with Crippen molar-refractivity contribution in [3.05, 3.63) is 42.7 Å². The maximum Gasteiger partial charge on any atom is 0.128 e. The summed E-state index contributed by atoms with van der Waals surface area (Å²) in [7, 11) is -1.74. The Hall–Kier alpha value is -1.69. The largest absolute Gasteiger partial charge is 0.236 e. The van der Waals surface area contributed by atoms with Gasteiger partial charge in [0.1, 0.15) is 19.2 Å². The summed E-state index contributed by atoms with van der Waals surface area (Å²) in [6.45, 7) is 14.5. The number of fused-ring (bicyclic) bond motifs is 3. The van der Waals surface area contributed by atoms with Crippen molar-refractivity contribution in [2.75, 3.05) is 0 Å². The Morgan fingerprint density at radius 3 is 2.03 bits per heavy atom. The lowest BCUT2D eigenvalue weighted by Gasteiger charge is -2.37. The van der Waals surface area contributed by atoms with Gasteiger partial charge in [0.15, 0.2) is 0 Å². The number of thiophene rings is 1. The molecule has 0 unspecified atom stereocenters. The Labute approximate surface area is 207 Å². The molecule has 0 radical (unpaired) electrons. The molecule has 0 atom stereocenters. The van der Waals surface area contributed by atoms with Crippen LogP contribution in [0.25, 0.3) is 32.2 Å². The maximum absolute atomic E-state index is 4.86. The van der Waals surface area contributed by atoms with Crippen molar-refractivity contribution in [1.82, 2.24) is 9.97 Å². The first kappa shape index (κ1) is 23.1. The molecule has 2 aromatic heterocycles. The van der Waals surface area contributed by atoms with Crippen molar-refractivity contribution in [2.45, 2.75) is 69.5 Å². The Balaban J connectivity index is 1.78. The molecule has 5 heteroatoms. The van der Waals surface area contributed by atoms with Crippen LogP contribution in [0, 0.1) is 17.8 Å². The molecule has 0 bridgehead atoms. The van der Waals surface area contributed by atoms with Crippen molar-refractivity contribution in [1.29, 1.82) is 0 Å². The van der Waals surface area contributed by atoms with E-state index in [4.69, 9.17) is 9.97 Å². The maximum atomic E-state index is 4.86. The Morgan fingerprint density at radius 1 is 0.818 bits per heavy atom. The fourth-order valence-electron chi connectivity index (χ4n) is 6.03. The molecule has 5 rings (SSSR count). The van der Waals surface area contributed by atoms with Crippen LogP contribution in [0.1, 0.15) is 41.5 Å². The molecule has 0 amide bonds. The van der Waals surface area contributed by atoms with E-state index in [1.54, 1.807) is 10.8 Å². The van der Waals surface area contributed by atoms with E-state index in [1.807, 2.05) is 23.1 Å². The van der Waals surface area contributed by atoms with E-state index in [0.717, 1.165) is 5.69 Å². The molecule has 0 spiro atoms. The second-order valence-corrected chi connectivity index (χ2v) is 17.7. The van der Waals surface area contributed by atoms with E-state index in [2.05, 4.69) is 77.9 Å². The molecule has 2 nitrogen and oxygen atoms in total. The minimum absolute atomic E-state index is 0.710. The lowest BCUT2D eigenvalue weighted by Crippen LogP contribution is -2.50. The van der Waals surface area contributed by atoms with Gasteiger partial charge < -0.3 is 0 Å². The van der Waals surface area contributed by atoms with Gasteiger partial charge >= 0.3 is 0 Å². The predicted octanol–water partition coefficient (Wildman–Crippen LogP) is 8.60. The zero-order chi connectivity index (χ0) is 23.3. The average molecular weight is 491 g/mol. The SMILES string of the molecule is CC(C)C[Si](CC(C)C)(CC(C)C)c1sc2ncnc3c2c1Sc1cc2ccccc2cc1-3. The van der Waals surface area contributed by atoms with E-state index >= 15 is 0 Å². The fourth-order valence-corrected chi connectivity index (χ4v) is 17.3. The van der Waals surface area contributed by atoms with E-state index < -0.39 is 8.07 Å². The predicted molar refractivity (Wildman–Crippen MR) is 149 cm³/mol. The van der Waals surface area contributed by atoms with Gasteiger partial charge in [-0.15, -0.1) is 11.3 Å². The van der Waals surface area contributed by atoms with Crippen molar-refractivity contribution in [2.24, 2.45) is 17.8 Å². The van der Waals surface area contributed by atoms with Crippen LogP contribution in [0.15, 0.2) is 52.5 Å². The molecular formula is C28H34N2S2Si. The summed E-state index contributed by atoms with van der Waals surface area (Å²) in [6.07, 6.45) is 1.78. The lowest BCUT2D eigenvalue weighted by atomic mass is 10.0. The van der Waals surface area contributed by atoms with Crippen LogP contribution in [-0.4, -0.2) is 18.0 Å². The highest BCUT2D eigenvalue weighted by Crippen LogP contribution is 2.51. The molecule has 1 aliphatic rings. The zero-order valence-corrected chi connectivity index (χ0v) is 23.2. The van der Waals surface area contributed by atoms with E-state index in [9.17, 15) is 0 Å². The van der Waals surface area contributed by atoms with Gasteiger partial charge in [0.25, 0.3) is 0 Å². The van der Waals surface area contributed by atoms with Crippen LogP contribution in [0.4, 0.5) is 0 Å². The van der Waals surface area contributed by atoms with Crippen LogP contribution >= 0.6 is 23.1 Å². The zero-order valence-electron chi connectivity index (χ0n) is 20.6. The molecule has 172 valence electrons. The third kappa shape index (κ3) is 4.17. The topological polar surface area (TPSA) is 25.8 Å². The van der Waals surface area contributed by atoms with Gasteiger partial charge in [0.05, 0.1) is 11.1 Å². The number of hydrogen-bond acceptors (Lipinski definition) is 4. The summed E-state index contributed by atoms with van der Waals surface area (Å²) in [5.74, 6) is 2.13. The molecular weight excluding hydrogens is 457 g/mol. The van der Waals surface area contributed by atoms with Gasteiger partial charge in [-0.2, -0.15) is 0 Å². The molecule has 0 N–H and O–H groups in total. The number of nitrogens with zero attached hydrogens (tertiary/aromatic N) is 2.